The molecule has 0 bridgehead atoms. The van der Waals surface area contributed by atoms with Crippen LogP contribution in [-0.4, -0.2) is 37.3 Å². The summed E-state index contributed by atoms with van der Waals surface area (Å²) in [6, 6.07) is 3.79. The van der Waals surface area contributed by atoms with E-state index in [-0.39, 0.29) is 17.9 Å². The maximum Gasteiger partial charge on any atom is 0.320 e. The quantitative estimate of drug-likeness (QED) is 0.877. The minimum atomic E-state index is -3.54. The summed E-state index contributed by atoms with van der Waals surface area (Å²) in [5, 5.41) is 11.4. The number of hydrogen-bond donors (Lipinski definition) is 2. The van der Waals surface area contributed by atoms with E-state index >= 15 is 0 Å². The standard InChI is InChI=1S/C12H14ClNO4S/c1-7-4-8(13)2-3-11(7)19(17,18)9-5-10(12(15)16)14-6-9/h2-4,9-10,14H,5-6H2,1H3,(H,15,16)/t9-,10+/m1/s1. The van der Waals surface area contributed by atoms with E-state index in [1.54, 1.807) is 13.0 Å². The molecule has 104 valence electrons. The lowest BCUT2D eigenvalue weighted by molar-refractivity contribution is -0.139. The summed E-state index contributed by atoms with van der Waals surface area (Å²) in [4.78, 5) is 11.1. The molecule has 2 rings (SSSR count). The van der Waals surface area contributed by atoms with Crippen molar-refractivity contribution in [3.05, 3.63) is 28.8 Å². The second-order valence-corrected chi connectivity index (χ2v) is 7.24. The average Bonchev–Trinajstić information content (AvgIpc) is 2.78. The number of rotatable bonds is 3. The van der Waals surface area contributed by atoms with Crippen LogP contribution in [0, 0.1) is 6.92 Å². The molecule has 1 aliphatic rings. The molecule has 1 aliphatic heterocycles. The lowest BCUT2D eigenvalue weighted by Gasteiger charge is -2.13. The van der Waals surface area contributed by atoms with Crippen molar-refractivity contribution in [3.8, 4) is 0 Å². The second kappa shape index (κ2) is 5.11. The van der Waals surface area contributed by atoms with Crippen molar-refractivity contribution < 1.29 is 18.3 Å². The number of benzene rings is 1. The van der Waals surface area contributed by atoms with Crippen molar-refractivity contribution in [2.75, 3.05) is 6.54 Å². The van der Waals surface area contributed by atoms with E-state index in [9.17, 15) is 13.2 Å². The van der Waals surface area contributed by atoms with Gasteiger partial charge < -0.3 is 10.4 Å². The SMILES string of the molecule is Cc1cc(Cl)ccc1S(=O)(=O)[C@H]1CN[C@H](C(=O)O)C1. The van der Waals surface area contributed by atoms with Crippen LogP contribution in [0.25, 0.3) is 0 Å². The molecule has 0 radical (unpaired) electrons. The van der Waals surface area contributed by atoms with Crippen molar-refractivity contribution in [3.63, 3.8) is 0 Å². The van der Waals surface area contributed by atoms with Gasteiger partial charge in [0.1, 0.15) is 6.04 Å². The molecule has 0 saturated carbocycles. The van der Waals surface area contributed by atoms with Gasteiger partial charge in [-0.05, 0) is 37.1 Å². The van der Waals surface area contributed by atoms with Crippen molar-refractivity contribution in [1.29, 1.82) is 0 Å². The van der Waals surface area contributed by atoms with Crippen molar-refractivity contribution in [2.45, 2.75) is 29.5 Å². The molecule has 1 aromatic carbocycles. The van der Waals surface area contributed by atoms with Gasteiger partial charge in [-0.3, -0.25) is 4.79 Å². The fourth-order valence-corrected chi connectivity index (χ4v) is 4.35. The summed E-state index contributed by atoms with van der Waals surface area (Å²) >= 11 is 5.81. The number of hydrogen-bond acceptors (Lipinski definition) is 4. The number of sulfone groups is 1. The predicted octanol–water partition coefficient (Wildman–Crippen LogP) is 1.24. The van der Waals surface area contributed by atoms with Gasteiger partial charge >= 0.3 is 5.97 Å². The molecule has 0 aliphatic carbocycles. The van der Waals surface area contributed by atoms with Crippen LogP contribution in [0.3, 0.4) is 0 Å². The monoisotopic (exact) mass is 303 g/mol. The highest BCUT2D eigenvalue weighted by molar-refractivity contribution is 7.92. The highest BCUT2D eigenvalue weighted by Crippen LogP contribution is 2.27. The Morgan fingerprint density at radius 2 is 2.16 bits per heavy atom. The Kier molecular flexibility index (Phi) is 3.85. The molecular weight excluding hydrogens is 290 g/mol. The van der Waals surface area contributed by atoms with Gasteiger partial charge in [0.05, 0.1) is 10.1 Å². The van der Waals surface area contributed by atoms with Crippen LogP contribution < -0.4 is 5.32 Å². The average molecular weight is 304 g/mol. The zero-order chi connectivity index (χ0) is 14.2. The van der Waals surface area contributed by atoms with Crippen molar-refractivity contribution >= 4 is 27.4 Å². The molecule has 0 amide bonds. The first-order valence-corrected chi connectivity index (χ1v) is 7.71. The van der Waals surface area contributed by atoms with E-state index in [4.69, 9.17) is 16.7 Å². The smallest absolute Gasteiger partial charge is 0.320 e. The summed E-state index contributed by atoms with van der Waals surface area (Å²) in [6.45, 7) is 1.83. The van der Waals surface area contributed by atoms with Crippen LogP contribution in [0.2, 0.25) is 5.02 Å². The first-order valence-electron chi connectivity index (χ1n) is 5.78. The molecule has 5 nitrogen and oxygen atoms in total. The second-order valence-electron chi connectivity index (χ2n) is 4.61. The topological polar surface area (TPSA) is 83.5 Å². The zero-order valence-corrected chi connectivity index (χ0v) is 11.8. The lowest BCUT2D eigenvalue weighted by Crippen LogP contribution is -2.30. The number of aryl methyl sites for hydroxylation is 1. The van der Waals surface area contributed by atoms with Gasteiger partial charge in [-0.25, -0.2) is 8.42 Å². The molecule has 7 heteroatoms. The fraction of sp³-hybridized carbons (Fsp3) is 0.417. The maximum atomic E-state index is 12.5. The minimum Gasteiger partial charge on any atom is -0.480 e. The summed E-state index contributed by atoms with van der Waals surface area (Å²) in [5.41, 5.74) is 0.575. The third-order valence-electron chi connectivity index (χ3n) is 3.27. The Hall–Kier alpha value is -1.11. The number of carbonyl (C=O) groups is 1. The van der Waals surface area contributed by atoms with Gasteiger partial charge in [0, 0.05) is 11.6 Å². The molecular formula is C12H14ClNO4S. The molecule has 2 N–H and O–H groups in total. The Balaban J connectivity index is 2.31. The summed E-state index contributed by atoms with van der Waals surface area (Å²) in [5.74, 6) is -1.02. The molecule has 0 unspecified atom stereocenters. The highest BCUT2D eigenvalue weighted by atomic mass is 35.5. The zero-order valence-electron chi connectivity index (χ0n) is 10.3. The van der Waals surface area contributed by atoms with Crippen LogP contribution in [0.1, 0.15) is 12.0 Å². The Bertz CT molecular complexity index is 614. The predicted molar refractivity (Wildman–Crippen MR) is 71.2 cm³/mol. The minimum absolute atomic E-state index is 0.0831. The van der Waals surface area contributed by atoms with Crippen LogP contribution in [-0.2, 0) is 14.6 Å². The molecule has 0 aromatic heterocycles. The van der Waals surface area contributed by atoms with Gasteiger partial charge in [0.25, 0.3) is 0 Å². The van der Waals surface area contributed by atoms with Crippen LogP contribution in [0.5, 0.6) is 0 Å². The third kappa shape index (κ3) is 2.75. The Labute approximate surface area is 116 Å². The molecule has 1 aromatic rings. The lowest BCUT2D eigenvalue weighted by atomic mass is 10.2. The number of aliphatic carboxylic acids is 1. The summed E-state index contributed by atoms with van der Waals surface area (Å²) in [6.07, 6.45) is 0.0831. The van der Waals surface area contributed by atoms with Crippen molar-refractivity contribution in [2.24, 2.45) is 0 Å². The van der Waals surface area contributed by atoms with Gasteiger partial charge in [-0.2, -0.15) is 0 Å². The highest BCUT2D eigenvalue weighted by Gasteiger charge is 2.38. The number of halogens is 1. The summed E-state index contributed by atoms with van der Waals surface area (Å²) in [7, 11) is -3.54. The third-order valence-corrected chi connectivity index (χ3v) is 5.81. The molecule has 1 saturated heterocycles. The van der Waals surface area contributed by atoms with E-state index in [0.717, 1.165) is 0 Å². The van der Waals surface area contributed by atoms with Crippen LogP contribution in [0.4, 0.5) is 0 Å². The van der Waals surface area contributed by atoms with Gasteiger partial charge in [0.2, 0.25) is 0 Å². The van der Waals surface area contributed by atoms with Crippen molar-refractivity contribution in [1.82, 2.24) is 5.32 Å². The van der Waals surface area contributed by atoms with Gasteiger partial charge in [-0.1, -0.05) is 11.6 Å². The first kappa shape index (κ1) is 14.3. The normalized spacial score (nSPS) is 23.5. The van der Waals surface area contributed by atoms with Crippen LogP contribution >= 0.6 is 11.6 Å². The van der Waals surface area contributed by atoms with E-state index in [0.29, 0.717) is 10.6 Å². The summed E-state index contributed by atoms with van der Waals surface area (Å²) < 4.78 is 24.9. The molecule has 1 heterocycles. The van der Waals surface area contributed by atoms with Gasteiger partial charge in [0.15, 0.2) is 9.84 Å². The molecule has 2 atom stereocenters. The largest absolute Gasteiger partial charge is 0.480 e. The molecule has 19 heavy (non-hydrogen) atoms. The van der Waals surface area contributed by atoms with E-state index < -0.39 is 27.1 Å². The van der Waals surface area contributed by atoms with E-state index in [2.05, 4.69) is 5.32 Å². The van der Waals surface area contributed by atoms with Crippen LogP contribution in [0.15, 0.2) is 23.1 Å². The van der Waals surface area contributed by atoms with E-state index in [1.807, 2.05) is 0 Å². The Morgan fingerprint density at radius 3 is 2.68 bits per heavy atom. The number of carboxylic acid groups (broad SMARTS) is 1. The number of nitrogens with one attached hydrogen (secondary N) is 1. The molecule has 0 spiro atoms. The fourth-order valence-electron chi connectivity index (χ4n) is 2.24. The van der Waals surface area contributed by atoms with E-state index in [1.165, 1.54) is 12.1 Å². The first-order chi connectivity index (χ1) is 8.82. The number of carboxylic acids is 1. The Morgan fingerprint density at radius 1 is 1.47 bits per heavy atom. The molecule has 1 fully saturated rings. The maximum absolute atomic E-state index is 12.5. The van der Waals surface area contributed by atoms with Gasteiger partial charge in [-0.15, -0.1) is 0 Å².